The topological polar surface area (TPSA) is 107 Å². The van der Waals surface area contributed by atoms with Gasteiger partial charge in [0.05, 0.1) is 14.2 Å². The zero-order chi connectivity index (χ0) is 28.1. The number of para-hydroxylation sites is 2. The maximum absolute atomic E-state index is 14.4. The van der Waals surface area contributed by atoms with Crippen LogP contribution in [0.1, 0.15) is 43.7 Å². The molecule has 3 aromatic rings. The molecule has 2 amide bonds. The molecule has 0 unspecified atom stereocenters. The number of anilines is 1. The van der Waals surface area contributed by atoms with Crippen molar-refractivity contribution in [1.82, 2.24) is 5.32 Å². The lowest BCUT2D eigenvalue weighted by Crippen LogP contribution is -2.52. The second-order valence-electron chi connectivity index (χ2n) is 9.95. The third kappa shape index (κ3) is 5.78. The van der Waals surface area contributed by atoms with Gasteiger partial charge in [0, 0.05) is 17.8 Å². The van der Waals surface area contributed by atoms with Crippen LogP contribution in [0.3, 0.4) is 0 Å². The van der Waals surface area contributed by atoms with E-state index in [9.17, 15) is 14.7 Å². The molecular weight excluding hydrogens is 512 g/mol. The first-order chi connectivity index (χ1) is 19.5. The van der Waals surface area contributed by atoms with Crippen LogP contribution in [-0.2, 0) is 9.59 Å². The minimum Gasteiger partial charge on any atom is -0.508 e. The van der Waals surface area contributed by atoms with Crippen LogP contribution in [0.25, 0.3) is 0 Å². The molecule has 1 heterocycles. The van der Waals surface area contributed by atoms with Crippen molar-refractivity contribution in [2.75, 3.05) is 25.7 Å². The number of nitrogens with one attached hydrogen (secondary N) is 1. The summed E-state index contributed by atoms with van der Waals surface area (Å²) in [6, 6.07) is 17.5. The average Bonchev–Trinajstić information content (AvgIpc) is 3.00. The molecular formula is C31H34N2O7. The monoisotopic (exact) mass is 546 g/mol. The molecule has 0 radical (unpaired) electrons. The molecule has 3 aromatic carbocycles. The molecule has 1 saturated carbocycles. The SMILES string of the molecule is COc1ccc(N(C(=O)[C@@H]2COc3ccccc3O2)[C@H](C(=O)NC2CCCCC2)c2ccc(O)cc2)cc1OC. The molecule has 0 bridgehead atoms. The molecule has 2 atom stereocenters. The summed E-state index contributed by atoms with van der Waals surface area (Å²) in [6.45, 7) is -0.0216. The highest BCUT2D eigenvalue weighted by molar-refractivity contribution is 6.04. The summed E-state index contributed by atoms with van der Waals surface area (Å²) >= 11 is 0. The Kier molecular flexibility index (Phi) is 8.28. The summed E-state index contributed by atoms with van der Waals surface area (Å²) in [5.74, 6) is 1.16. The van der Waals surface area contributed by atoms with Crippen molar-refractivity contribution in [1.29, 1.82) is 0 Å². The summed E-state index contributed by atoms with van der Waals surface area (Å²) in [5.41, 5.74) is 0.952. The van der Waals surface area contributed by atoms with Crippen molar-refractivity contribution in [3.05, 3.63) is 72.3 Å². The molecule has 2 aliphatic rings. The average molecular weight is 547 g/mol. The first-order valence-corrected chi connectivity index (χ1v) is 13.5. The number of rotatable bonds is 8. The van der Waals surface area contributed by atoms with Crippen LogP contribution in [0.2, 0.25) is 0 Å². The Morgan fingerprint density at radius 1 is 0.925 bits per heavy atom. The number of hydrogen-bond donors (Lipinski definition) is 2. The Hall–Kier alpha value is -4.40. The second-order valence-corrected chi connectivity index (χ2v) is 9.95. The van der Waals surface area contributed by atoms with Crippen LogP contribution in [0, 0.1) is 0 Å². The number of benzene rings is 3. The predicted octanol–water partition coefficient (Wildman–Crippen LogP) is 4.77. The molecule has 0 saturated heterocycles. The molecule has 9 heteroatoms. The Balaban J connectivity index is 1.58. The van der Waals surface area contributed by atoms with E-state index < -0.39 is 18.1 Å². The molecule has 1 aliphatic carbocycles. The number of methoxy groups -OCH3 is 2. The largest absolute Gasteiger partial charge is 0.508 e. The summed E-state index contributed by atoms with van der Waals surface area (Å²) in [6.07, 6.45) is 3.98. The minimum absolute atomic E-state index is 0.0179. The van der Waals surface area contributed by atoms with E-state index in [1.807, 2.05) is 6.07 Å². The zero-order valence-electron chi connectivity index (χ0n) is 22.7. The molecule has 1 fully saturated rings. The van der Waals surface area contributed by atoms with E-state index >= 15 is 0 Å². The van der Waals surface area contributed by atoms with Gasteiger partial charge < -0.3 is 29.4 Å². The molecule has 0 aromatic heterocycles. The van der Waals surface area contributed by atoms with Gasteiger partial charge in [-0.2, -0.15) is 0 Å². The maximum Gasteiger partial charge on any atom is 0.272 e. The van der Waals surface area contributed by atoms with E-state index in [4.69, 9.17) is 18.9 Å². The quantitative estimate of drug-likeness (QED) is 0.419. The third-order valence-corrected chi connectivity index (χ3v) is 7.33. The van der Waals surface area contributed by atoms with E-state index in [-0.39, 0.29) is 24.3 Å². The molecule has 210 valence electrons. The fourth-order valence-electron chi connectivity index (χ4n) is 5.28. The summed E-state index contributed by atoms with van der Waals surface area (Å²) in [4.78, 5) is 29.9. The van der Waals surface area contributed by atoms with Crippen LogP contribution in [0.5, 0.6) is 28.7 Å². The van der Waals surface area contributed by atoms with Gasteiger partial charge in [-0.15, -0.1) is 0 Å². The third-order valence-electron chi connectivity index (χ3n) is 7.33. The highest BCUT2D eigenvalue weighted by atomic mass is 16.6. The number of hydrogen-bond acceptors (Lipinski definition) is 7. The van der Waals surface area contributed by atoms with E-state index in [1.165, 1.54) is 31.3 Å². The zero-order valence-corrected chi connectivity index (χ0v) is 22.7. The fourth-order valence-corrected chi connectivity index (χ4v) is 5.28. The van der Waals surface area contributed by atoms with Crippen molar-refractivity contribution in [3.63, 3.8) is 0 Å². The van der Waals surface area contributed by atoms with Crippen LogP contribution in [0.4, 0.5) is 5.69 Å². The number of nitrogens with zero attached hydrogens (tertiary/aromatic N) is 1. The van der Waals surface area contributed by atoms with Crippen LogP contribution in [0.15, 0.2) is 66.7 Å². The Morgan fingerprint density at radius 3 is 2.33 bits per heavy atom. The first kappa shape index (κ1) is 27.2. The van der Waals surface area contributed by atoms with E-state index in [0.717, 1.165) is 32.1 Å². The van der Waals surface area contributed by atoms with E-state index in [2.05, 4.69) is 5.32 Å². The smallest absolute Gasteiger partial charge is 0.272 e. The fraction of sp³-hybridized carbons (Fsp3) is 0.355. The number of phenolic OH excluding ortho intramolecular Hbond substituents is 1. The molecule has 0 spiro atoms. The van der Waals surface area contributed by atoms with Gasteiger partial charge in [0.2, 0.25) is 12.0 Å². The van der Waals surface area contributed by atoms with Crippen LogP contribution in [-0.4, -0.2) is 49.9 Å². The summed E-state index contributed by atoms with van der Waals surface area (Å²) in [5, 5.41) is 13.2. The maximum atomic E-state index is 14.4. The minimum atomic E-state index is -1.06. The number of aromatic hydroxyl groups is 1. The molecule has 9 nitrogen and oxygen atoms in total. The number of phenols is 1. The molecule has 2 N–H and O–H groups in total. The van der Waals surface area contributed by atoms with E-state index in [0.29, 0.717) is 34.2 Å². The summed E-state index contributed by atoms with van der Waals surface area (Å²) < 4.78 is 22.9. The van der Waals surface area contributed by atoms with Crippen molar-refractivity contribution in [2.45, 2.75) is 50.3 Å². The molecule has 40 heavy (non-hydrogen) atoms. The molecule has 1 aliphatic heterocycles. The standard InChI is InChI=1S/C31H34N2O7/c1-37-24-17-14-22(18-27(24)38-2)33(31(36)28-19-39-25-10-6-7-11-26(25)40-28)29(20-12-15-23(34)16-13-20)30(35)32-21-8-4-3-5-9-21/h6-7,10-18,21,28-29,34H,3-5,8-9,19H2,1-2H3,(H,32,35)/t28-,29-/m0/s1. The van der Waals surface area contributed by atoms with Crippen LogP contribution < -0.4 is 29.2 Å². The highest BCUT2D eigenvalue weighted by Gasteiger charge is 2.40. The Labute approximate surface area is 233 Å². The number of ether oxygens (including phenoxy) is 4. The number of fused-ring (bicyclic) bond motifs is 1. The van der Waals surface area contributed by atoms with Gasteiger partial charge in [-0.1, -0.05) is 43.5 Å². The number of carbonyl (C=O) groups excluding carboxylic acids is 2. The Morgan fingerprint density at radius 2 is 1.62 bits per heavy atom. The van der Waals surface area contributed by atoms with Gasteiger partial charge >= 0.3 is 0 Å². The van der Waals surface area contributed by atoms with Gasteiger partial charge in [0.1, 0.15) is 18.4 Å². The van der Waals surface area contributed by atoms with Gasteiger partial charge in [0.25, 0.3) is 5.91 Å². The van der Waals surface area contributed by atoms with Gasteiger partial charge in [0.15, 0.2) is 23.0 Å². The lowest BCUT2D eigenvalue weighted by Gasteiger charge is -2.36. The first-order valence-electron chi connectivity index (χ1n) is 13.5. The predicted molar refractivity (Wildman–Crippen MR) is 149 cm³/mol. The Bertz CT molecular complexity index is 1340. The lowest BCUT2D eigenvalue weighted by atomic mass is 9.94. The van der Waals surface area contributed by atoms with Gasteiger partial charge in [-0.3, -0.25) is 14.5 Å². The normalized spacial score (nSPS) is 17.4. The van der Waals surface area contributed by atoms with Crippen molar-refractivity contribution >= 4 is 17.5 Å². The van der Waals surface area contributed by atoms with E-state index in [1.54, 1.807) is 48.5 Å². The van der Waals surface area contributed by atoms with Gasteiger partial charge in [-0.25, -0.2) is 0 Å². The van der Waals surface area contributed by atoms with Crippen LogP contribution >= 0.6 is 0 Å². The molecule has 5 rings (SSSR count). The van der Waals surface area contributed by atoms with Crippen molar-refractivity contribution in [2.24, 2.45) is 0 Å². The lowest BCUT2D eigenvalue weighted by molar-refractivity contribution is -0.132. The van der Waals surface area contributed by atoms with Crippen molar-refractivity contribution < 1.29 is 33.6 Å². The highest BCUT2D eigenvalue weighted by Crippen LogP contribution is 2.38. The summed E-state index contributed by atoms with van der Waals surface area (Å²) in [7, 11) is 3.04. The second kappa shape index (κ2) is 12.2. The number of amides is 2. The van der Waals surface area contributed by atoms with Gasteiger partial charge in [-0.05, 0) is 54.8 Å². The van der Waals surface area contributed by atoms with Crippen molar-refractivity contribution in [3.8, 4) is 28.7 Å². The number of carbonyl (C=O) groups is 2.